The third-order valence-electron chi connectivity index (χ3n) is 1.84. The molecule has 0 spiro atoms. The maximum Gasteiger partial charge on any atom is 0.339 e. The zero-order valence-corrected chi connectivity index (χ0v) is 10.4. The summed E-state index contributed by atoms with van der Waals surface area (Å²) in [5.41, 5.74) is -0.0307. The number of ether oxygens (including phenoxy) is 1. The van der Waals surface area contributed by atoms with Gasteiger partial charge in [0.15, 0.2) is 9.84 Å². The van der Waals surface area contributed by atoms with Crippen LogP contribution >= 0.6 is 11.6 Å². The largest absolute Gasteiger partial charge is 0.462 e. The van der Waals surface area contributed by atoms with Crippen molar-refractivity contribution in [3.8, 4) is 0 Å². The van der Waals surface area contributed by atoms with Crippen molar-refractivity contribution in [1.29, 1.82) is 0 Å². The summed E-state index contributed by atoms with van der Waals surface area (Å²) in [6.07, 6.45) is 1.03. The van der Waals surface area contributed by atoms with E-state index < -0.39 is 15.8 Å². The molecule has 1 aromatic carbocycles. The molecule has 0 saturated heterocycles. The van der Waals surface area contributed by atoms with Crippen LogP contribution in [0.5, 0.6) is 0 Å². The molecule has 0 fully saturated rings. The number of rotatable bonds is 3. The molecule has 88 valence electrons. The average molecular weight is 263 g/mol. The summed E-state index contributed by atoms with van der Waals surface area (Å²) in [5.74, 6) is -0.689. The Bertz CT molecular complexity index is 508. The first-order valence-corrected chi connectivity index (χ1v) is 6.80. The Balaban J connectivity index is 3.35. The monoisotopic (exact) mass is 262 g/mol. The molecule has 0 unspecified atom stereocenters. The van der Waals surface area contributed by atoms with Crippen LogP contribution in [0.4, 0.5) is 0 Å². The molecule has 1 aromatic rings. The molecule has 0 amide bonds. The van der Waals surface area contributed by atoms with Gasteiger partial charge in [-0.05, 0) is 25.1 Å². The summed E-state index contributed by atoms with van der Waals surface area (Å²) in [7, 11) is -3.47. The number of halogens is 1. The van der Waals surface area contributed by atoms with Crippen LogP contribution in [-0.2, 0) is 14.6 Å². The van der Waals surface area contributed by atoms with E-state index in [0.717, 1.165) is 6.26 Å². The number of carbonyl (C=O) groups excluding carboxylic acids is 1. The van der Waals surface area contributed by atoms with E-state index in [1.165, 1.54) is 18.2 Å². The van der Waals surface area contributed by atoms with Gasteiger partial charge < -0.3 is 4.74 Å². The van der Waals surface area contributed by atoms with Crippen molar-refractivity contribution in [2.45, 2.75) is 11.8 Å². The van der Waals surface area contributed by atoms with E-state index in [-0.39, 0.29) is 22.1 Å². The Labute approximate surface area is 99.1 Å². The first kappa shape index (κ1) is 13.0. The highest BCUT2D eigenvalue weighted by molar-refractivity contribution is 7.90. The highest BCUT2D eigenvalue weighted by Gasteiger charge is 2.19. The van der Waals surface area contributed by atoms with Crippen LogP contribution in [0.25, 0.3) is 0 Å². The Hall–Kier alpha value is -1.07. The number of sulfone groups is 1. The first-order chi connectivity index (χ1) is 7.36. The predicted molar refractivity (Wildman–Crippen MR) is 60.5 cm³/mol. The fraction of sp³-hybridized carbons (Fsp3) is 0.300. The molecule has 0 radical (unpaired) electrons. The summed E-state index contributed by atoms with van der Waals surface area (Å²) >= 11 is 5.71. The number of benzene rings is 1. The molecular weight excluding hydrogens is 252 g/mol. The van der Waals surface area contributed by atoms with Crippen molar-refractivity contribution in [1.82, 2.24) is 0 Å². The van der Waals surface area contributed by atoms with Crippen molar-refractivity contribution < 1.29 is 17.9 Å². The van der Waals surface area contributed by atoms with Crippen LogP contribution in [-0.4, -0.2) is 27.2 Å². The van der Waals surface area contributed by atoms with Crippen molar-refractivity contribution in [2.75, 3.05) is 12.9 Å². The van der Waals surface area contributed by atoms with E-state index in [9.17, 15) is 13.2 Å². The Morgan fingerprint density at radius 1 is 1.44 bits per heavy atom. The minimum absolute atomic E-state index is 0.0307. The molecular formula is C10H11ClO4S. The number of hydrogen-bond donors (Lipinski definition) is 0. The number of esters is 1. The Morgan fingerprint density at radius 3 is 2.56 bits per heavy atom. The maximum absolute atomic E-state index is 11.5. The zero-order chi connectivity index (χ0) is 12.3. The van der Waals surface area contributed by atoms with Gasteiger partial charge in [0.05, 0.1) is 17.1 Å². The molecule has 0 aliphatic carbocycles. The minimum Gasteiger partial charge on any atom is -0.462 e. The molecule has 6 heteroatoms. The van der Waals surface area contributed by atoms with Gasteiger partial charge in [-0.25, -0.2) is 13.2 Å². The SMILES string of the molecule is CCOC(=O)c1cc(Cl)ccc1S(C)(=O)=O. The summed E-state index contributed by atoms with van der Waals surface area (Å²) in [6.45, 7) is 1.82. The van der Waals surface area contributed by atoms with E-state index in [1.54, 1.807) is 6.92 Å². The minimum atomic E-state index is -3.47. The first-order valence-electron chi connectivity index (χ1n) is 4.53. The molecule has 0 saturated carbocycles. The topological polar surface area (TPSA) is 60.4 Å². The lowest BCUT2D eigenvalue weighted by molar-refractivity contribution is 0.0522. The van der Waals surface area contributed by atoms with Crippen molar-refractivity contribution >= 4 is 27.4 Å². The molecule has 0 aliphatic heterocycles. The van der Waals surface area contributed by atoms with Gasteiger partial charge in [-0.1, -0.05) is 11.6 Å². The molecule has 0 aliphatic rings. The van der Waals surface area contributed by atoms with Gasteiger partial charge in [0.25, 0.3) is 0 Å². The van der Waals surface area contributed by atoms with E-state index >= 15 is 0 Å². The predicted octanol–water partition coefficient (Wildman–Crippen LogP) is 1.92. The van der Waals surface area contributed by atoms with Crippen LogP contribution in [0.3, 0.4) is 0 Å². The second-order valence-electron chi connectivity index (χ2n) is 3.13. The van der Waals surface area contributed by atoms with E-state index in [1.807, 2.05) is 0 Å². The maximum atomic E-state index is 11.5. The highest BCUT2D eigenvalue weighted by Crippen LogP contribution is 2.21. The van der Waals surface area contributed by atoms with Gasteiger partial charge in [-0.15, -0.1) is 0 Å². The molecule has 0 N–H and O–H groups in total. The van der Waals surface area contributed by atoms with Crippen LogP contribution in [0.2, 0.25) is 5.02 Å². The molecule has 0 heterocycles. The number of hydrogen-bond acceptors (Lipinski definition) is 4. The third-order valence-corrected chi connectivity index (χ3v) is 3.23. The molecule has 1 rings (SSSR count). The summed E-state index contributed by atoms with van der Waals surface area (Å²) in [4.78, 5) is 11.4. The molecule has 0 aromatic heterocycles. The van der Waals surface area contributed by atoms with Gasteiger partial charge in [0, 0.05) is 11.3 Å². The van der Waals surface area contributed by atoms with E-state index in [4.69, 9.17) is 16.3 Å². The van der Waals surface area contributed by atoms with Gasteiger partial charge in [-0.2, -0.15) is 0 Å². The lowest BCUT2D eigenvalue weighted by atomic mass is 10.2. The zero-order valence-electron chi connectivity index (χ0n) is 8.86. The van der Waals surface area contributed by atoms with Crippen molar-refractivity contribution in [2.24, 2.45) is 0 Å². The van der Waals surface area contributed by atoms with Gasteiger partial charge in [-0.3, -0.25) is 0 Å². The second-order valence-corrected chi connectivity index (χ2v) is 5.55. The van der Waals surface area contributed by atoms with Crippen LogP contribution in [0, 0.1) is 0 Å². The summed E-state index contributed by atoms with van der Waals surface area (Å²) < 4.78 is 27.6. The van der Waals surface area contributed by atoms with Gasteiger partial charge in [0.1, 0.15) is 0 Å². The average Bonchev–Trinajstić information content (AvgIpc) is 2.16. The van der Waals surface area contributed by atoms with Crippen LogP contribution in [0.15, 0.2) is 23.1 Å². The Morgan fingerprint density at radius 2 is 2.06 bits per heavy atom. The van der Waals surface area contributed by atoms with Crippen molar-refractivity contribution in [3.05, 3.63) is 28.8 Å². The Kier molecular flexibility index (Phi) is 3.93. The number of carbonyl (C=O) groups is 1. The molecule has 0 bridgehead atoms. The molecule has 16 heavy (non-hydrogen) atoms. The molecule has 4 nitrogen and oxygen atoms in total. The summed E-state index contributed by atoms with van der Waals surface area (Å²) in [6, 6.07) is 4.00. The van der Waals surface area contributed by atoms with Crippen LogP contribution < -0.4 is 0 Å². The smallest absolute Gasteiger partial charge is 0.339 e. The van der Waals surface area contributed by atoms with E-state index in [0.29, 0.717) is 0 Å². The molecule has 0 atom stereocenters. The highest BCUT2D eigenvalue weighted by atomic mass is 35.5. The second kappa shape index (κ2) is 4.84. The van der Waals surface area contributed by atoms with Gasteiger partial charge >= 0.3 is 5.97 Å². The quantitative estimate of drug-likeness (QED) is 0.781. The standard InChI is InChI=1S/C10H11ClO4S/c1-3-15-10(12)8-6-7(11)4-5-9(8)16(2,13)14/h4-6H,3H2,1-2H3. The normalized spacial score (nSPS) is 11.2. The fourth-order valence-electron chi connectivity index (χ4n) is 1.19. The lowest BCUT2D eigenvalue weighted by Gasteiger charge is -2.07. The third kappa shape index (κ3) is 2.96. The van der Waals surface area contributed by atoms with Gasteiger partial charge in [0.2, 0.25) is 0 Å². The fourth-order valence-corrected chi connectivity index (χ4v) is 2.22. The van der Waals surface area contributed by atoms with E-state index in [2.05, 4.69) is 0 Å². The van der Waals surface area contributed by atoms with Crippen molar-refractivity contribution in [3.63, 3.8) is 0 Å². The lowest BCUT2D eigenvalue weighted by Crippen LogP contribution is -2.11. The van der Waals surface area contributed by atoms with Crippen LogP contribution in [0.1, 0.15) is 17.3 Å². The summed E-state index contributed by atoms with van der Waals surface area (Å²) in [5, 5.41) is 0.287.